The molecule has 0 radical (unpaired) electrons. The molecular formula is C26H28N6O4. The second-order valence-corrected chi connectivity index (χ2v) is 9.35. The molecule has 36 heavy (non-hydrogen) atoms. The molecule has 4 aromatic rings. The highest BCUT2D eigenvalue weighted by atomic mass is 16.5. The summed E-state index contributed by atoms with van der Waals surface area (Å²) in [6.45, 7) is 7.91. The van der Waals surface area contributed by atoms with Crippen LogP contribution < -0.4 is 26.4 Å². The average molecular weight is 489 g/mol. The normalized spacial score (nSPS) is 11.2. The van der Waals surface area contributed by atoms with Crippen molar-refractivity contribution in [2.24, 2.45) is 5.73 Å². The predicted molar refractivity (Wildman–Crippen MR) is 139 cm³/mol. The number of aryl methyl sites for hydroxylation is 1. The Labute approximate surface area is 208 Å². The summed E-state index contributed by atoms with van der Waals surface area (Å²) in [6, 6.07) is 11.9. The summed E-state index contributed by atoms with van der Waals surface area (Å²) in [5, 5.41) is 13.5. The number of pyridine rings is 1. The summed E-state index contributed by atoms with van der Waals surface area (Å²) in [4.78, 5) is 28.7. The van der Waals surface area contributed by atoms with Crippen molar-refractivity contribution < 1.29 is 18.8 Å². The number of primary amides is 1. The Morgan fingerprint density at radius 2 is 1.81 bits per heavy atom. The number of benzene rings is 2. The van der Waals surface area contributed by atoms with Gasteiger partial charge >= 0.3 is 6.03 Å². The standard InChI is InChI=1S/C26H28N6O4/c1-14-10-15(29-25(34)31-23-13-22(36-32-23)26(2,3)4)6-7-18(14)30-19-8-9-28-20-12-21(35-5)17(24(27)33)11-16(19)20/h6-13H,1-5H3,(H2,27,33)(H,28,30)(H2,29,31,32,34). The van der Waals surface area contributed by atoms with Gasteiger partial charge in [0.2, 0.25) is 0 Å². The number of hydrogen-bond acceptors (Lipinski definition) is 7. The molecule has 186 valence electrons. The zero-order valence-electron chi connectivity index (χ0n) is 20.7. The topological polar surface area (TPSA) is 144 Å². The van der Waals surface area contributed by atoms with E-state index in [9.17, 15) is 9.59 Å². The monoisotopic (exact) mass is 488 g/mol. The highest BCUT2D eigenvalue weighted by Crippen LogP contribution is 2.32. The van der Waals surface area contributed by atoms with Crippen molar-refractivity contribution in [3.05, 3.63) is 65.5 Å². The van der Waals surface area contributed by atoms with E-state index < -0.39 is 11.9 Å². The van der Waals surface area contributed by atoms with Crippen molar-refractivity contribution in [3.8, 4) is 5.75 Å². The van der Waals surface area contributed by atoms with Gasteiger partial charge in [-0.3, -0.25) is 15.1 Å². The number of anilines is 4. The van der Waals surface area contributed by atoms with Gasteiger partial charge < -0.3 is 25.6 Å². The van der Waals surface area contributed by atoms with Crippen molar-refractivity contribution in [3.63, 3.8) is 0 Å². The van der Waals surface area contributed by atoms with E-state index in [1.54, 1.807) is 30.5 Å². The van der Waals surface area contributed by atoms with E-state index in [0.29, 0.717) is 28.5 Å². The van der Waals surface area contributed by atoms with Crippen LogP contribution in [-0.4, -0.2) is 29.2 Å². The van der Waals surface area contributed by atoms with Crippen molar-refractivity contribution in [1.82, 2.24) is 10.1 Å². The van der Waals surface area contributed by atoms with E-state index in [0.717, 1.165) is 22.3 Å². The minimum Gasteiger partial charge on any atom is -0.496 e. The quantitative estimate of drug-likeness (QED) is 0.287. The third-order valence-electron chi connectivity index (χ3n) is 5.57. The number of rotatable bonds is 6. The first-order valence-corrected chi connectivity index (χ1v) is 11.2. The molecule has 0 aliphatic carbocycles. The molecule has 3 amide bonds. The maximum Gasteiger partial charge on any atom is 0.324 e. The molecule has 0 saturated heterocycles. The van der Waals surface area contributed by atoms with Crippen LogP contribution >= 0.6 is 0 Å². The summed E-state index contributed by atoms with van der Waals surface area (Å²) in [5.74, 6) is 0.788. The van der Waals surface area contributed by atoms with E-state index in [4.69, 9.17) is 15.0 Å². The van der Waals surface area contributed by atoms with E-state index in [-0.39, 0.29) is 11.0 Å². The summed E-state index contributed by atoms with van der Waals surface area (Å²) < 4.78 is 10.6. The van der Waals surface area contributed by atoms with Crippen LogP contribution in [0.25, 0.3) is 10.9 Å². The number of fused-ring (bicyclic) bond motifs is 1. The van der Waals surface area contributed by atoms with Crippen LogP contribution in [0.2, 0.25) is 0 Å². The van der Waals surface area contributed by atoms with Gasteiger partial charge in [-0.1, -0.05) is 25.9 Å². The Balaban J connectivity index is 1.51. The lowest BCUT2D eigenvalue weighted by atomic mass is 9.93. The lowest BCUT2D eigenvalue weighted by Crippen LogP contribution is -2.19. The Bertz CT molecular complexity index is 1450. The average Bonchev–Trinajstić information content (AvgIpc) is 3.29. The zero-order valence-corrected chi connectivity index (χ0v) is 20.7. The Kier molecular flexibility index (Phi) is 6.52. The molecule has 0 aliphatic rings. The summed E-state index contributed by atoms with van der Waals surface area (Å²) in [7, 11) is 1.48. The van der Waals surface area contributed by atoms with Crippen molar-refractivity contribution >= 4 is 45.7 Å². The fourth-order valence-electron chi connectivity index (χ4n) is 3.64. The molecule has 0 fully saturated rings. The number of carbonyl (C=O) groups excluding carboxylic acids is 2. The molecular weight excluding hydrogens is 460 g/mol. The van der Waals surface area contributed by atoms with Gasteiger partial charge in [0.05, 0.1) is 18.2 Å². The maximum atomic E-state index is 12.4. The van der Waals surface area contributed by atoms with E-state index in [1.807, 2.05) is 45.9 Å². The highest BCUT2D eigenvalue weighted by Gasteiger charge is 2.20. The number of methoxy groups -OCH3 is 1. The first-order chi connectivity index (χ1) is 17.0. The molecule has 0 aliphatic heterocycles. The summed E-state index contributed by atoms with van der Waals surface area (Å²) in [6.07, 6.45) is 1.67. The number of nitrogens with zero attached hydrogens (tertiary/aromatic N) is 2. The molecule has 5 N–H and O–H groups in total. The molecule has 2 aromatic heterocycles. The molecule has 2 aromatic carbocycles. The number of carbonyl (C=O) groups is 2. The van der Waals surface area contributed by atoms with Crippen LogP contribution in [0.4, 0.5) is 27.7 Å². The van der Waals surface area contributed by atoms with E-state index >= 15 is 0 Å². The number of nitrogens with two attached hydrogens (primary N) is 1. The van der Waals surface area contributed by atoms with Crippen LogP contribution in [0.15, 0.2) is 53.2 Å². The number of hydrogen-bond donors (Lipinski definition) is 4. The molecule has 4 rings (SSSR count). The number of ether oxygens (including phenoxy) is 1. The van der Waals surface area contributed by atoms with Crippen LogP contribution in [0.5, 0.6) is 5.75 Å². The molecule has 0 atom stereocenters. The Morgan fingerprint density at radius 3 is 2.44 bits per heavy atom. The van der Waals surface area contributed by atoms with Gasteiger partial charge in [0.25, 0.3) is 5.91 Å². The fourth-order valence-corrected chi connectivity index (χ4v) is 3.64. The van der Waals surface area contributed by atoms with Crippen molar-refractivity contribution in [1.29, 1.82) is 0 Å². The summed E-state index contributed by atoms with van der Waals surface area (Å²) in [5.41, 5.74) is 9.28. The first kappa shape index (κ1) is 24.5. The van der Waals surface area contributed by atoms with Gasteiger partial charge in [-0.05, 0) is 42.8 Å². The minimum atomic E-state index is -0.589. The molecule has 0 saturated carbocycles. The lowest BCUT2D eigenvalue weighted by molar-refractivity contribution is 0.0997. The maximum absolute atomic E-state index is 12.4. The van der Waals surface area contributed by atoms with Crippen LogP contribution in [-0.2, 0) is 5.41 Å². The van der Waals surface area contributed by atoms with Crippen molar-refractivity contribution in [2.45, 2.75) is 33.1 Å². The number of aromatic nitrogens is 2. The van der Waals surface area contributed by atoms with Crippen LogP contribution in [0, 0.1) is 6.92 Å². The largest absolute Gasteiger partial charge is 0.496 e. The van der Waals surface area contributed by atoms with Gasteiger partial charge in [-0.2, -0.15) is 0 Å². The molecule has 10 heteroatoms. The van der Waals surface area contributed by atoms with Crippen LogP contribution in [0.1, 0.15) is 42.5 Å². The van der Waals surface area contributed by atoms with Gasteiger partial charge in [-0.15, -0.1) is 0 Å². The van der Waals surface area contributed by atoms with E-state index in [1.165, 1.54) is 7.11 Å². The molecule has 0 bridgehead atoms. The zero-order chi connectivity index (χ0) is 26.0. The third-order valence-corrected chi connectivity index (χ3v) is 5.57. The second-order valence-electron chi connectivity index (χ2n) is 9.35. The van der Waals surface area contributed by atoms with Gasteiger partial charge in [-0.25, -0.2) is 4.79 Å². The van der Waals surface area contributed by atoms with Gasteiger partial charge in [0.15, 0.2) is 5.82 Å². The van der Waals surface area contributed by atoms with Gasteiger partial charge in [0, 0.05) is 46.2 Å². The number of nitrogens with one attached hydrogen (secondary N) is 3. The van der Waals surface area contributed by atoms with Gasteiger partial charge in [0.1, 0.15) is 11.5 Å². The van der Waals surface area contributed by atoms with E-state index in [2.05, 4.69) is 26.1 Å². The third kappa shape index (κ3) is 5.22. The minimum absolute atomic E-state index is 0.211. The Hall–Kier alpha value is -4.60. The Morgan fingerprint density at radius 1 is 1.03 bits per heavy atom. The molecule has 0 unspecified atom stereocenters. The fraction of sp³-hybridized carbons (Fsp3) is 0.231. The smallest absolute Gasteiger partial charge is 0.324 e. The molecule has 10 nitrogen and oxygen atoms in total. The van der Waals surface area contributed by atoms with Crippen molar-refractivity contribution in [2.75, 3.05) is 23.1 Å². The SMILES string of the molecule is COc1cc2nccc(Nc3ccc(NC(=O)Nc4cc(C(C)(C)C)on4)cc3C)c2cc1C(N)=O. The second kappa shape index (κ2) is 9.57. The predicted octanol–water partition coefficient (Wildman–Crippen LogP) is 5.32. The lowest BCUT2D eigenvalue weighted by Gasteiger charge is -2.15. The van der Waals surface area contributed by atoms with Crippen LogP contribution in [0.3, 0.4) is 0 Å². The number of amides is 3. The molecule has 2 heterocycles. The highest BCUT2D eigenvalue weighted by molar-refractivity contribution is 6.03. The summed E-state index contributed by atoms with van der Waals surface area (Å²) >= 11 is 0. The number of urea groups is 1. The first-order valence-electron chi connectivity index (χ1n) is 11.2. The molecule has 0 spiro atoms.